The molecule has 1 rings (SSSR count). The zero-order valence-electron chi connectivity index (χ0n) is 20.1. The molecule has 4 atom stereocenters. The van der Waals surface area contributed by atoms with Gasteiger partial charge >= 0.3 is 16.8 Å². The Morgan fingerprint density at radius 1 is 0.452 bits per heavy atom. The van der Waals surface area contributed by atoms with Gasteiger partial charge in [-0.1, -0.05) is 0 Å². The Labute approximate surface area is 200 Å². The summed E-state index contributed by atoms with van der Waals surface area (Å²) in [6.07, 6.45) is 0.500. The van der Waals surface area contributed by atoms with Gasteiger partial charge in [-0.25, -0.2) is 0 Å². The van der Waals surface area contributed by atoms with Gasteiger partial charge in [0.1, 0.15) is 0 Å². The zero-order valence-corrected chi connectivity index (χ0v) is 21.2. The van der Waals surface area contributed by atoms with E-state index in [4.69, 9.17) is 0 Å². The SMILES string of the molecule is C[C@@H](O)CN1CCCN(C[C@@H](C)O)CCN(C[C@@H](C)O)CCCN(C[C@@H](C)O)CC1.[Co+2]. The largest absolute Gasteiger partial charge is 2.00 e. The molecular formula is C22H48CoN4O4+2. The van der Waals surface area contributed by atoms with Crippen LogP contribution in [0.5, 0.6) is 0 Å². The van der Waals surface area contributed by atoms with E-state index in [9.17, 15) is 20.4 Å². The average molecular weight is 492 g/mol. The number of rotatable bonds is 8. The van der Waals surface area contributed by atoms with Crippen molar-refractivity contribution in [3.8, 4) is 0 Å². The van der Waals surface area contributed by atoms with Crippen LogP contribution in [0.2, 0.25) is 0 Å². The normalized spacial score (nSPS) is 24.0. The Hall–Kier alpha value is 0.186. The van der Waals surface area contributed by atoms with E-state index in [-0.39, 0.29) is 41.2 Å². The molecule has 1 fully saturated rings. The molecule has 0 saturated carbocycles. The number of hydrogen-bond acceptors (Lipinski definition) is 8. The van der Waals surface area contributed by atoms with Crippen LogP contribution in [0.1, 0.15) is 40.5 Å². The van der Waals surface area contributed by atoms with Crippen LogP contribution in [-0.2, 0) is 16.8 Å². The molecule has 31 heavy (non-hydrogen) atoms. The second-order valence-electron chi connectivity index (χ2n) is 9.31. The third-order valence-electron chi connectivity index (χ3n) is 5.45. The minimum absolute atomic E-state index is 0. The van der Waals surface area contributed by atoms with E-state index in [1.165, 1.54) is 0 Å². The summed E-state index contributed by atoms with van der Waals surface area (Å²) < 4.78 is 0. The Morgan fingerprint density at radius 2 is 0.645 bits per heavy atom. The summed E-state index contributed by atoms with van der Waals surface area (Å²) in [4.78, 5) is 9.25. The van der Waals surface area contributed by atoms with Crippen LogP contribution in [0, 0.1) is 0 Å². The average Bonchev–Trinajstić information content (AvgIpc) is 2.60. The first-order valence-electron chi connectivity index (χ1n) is 11.8. The molecule has 187 valence electrons. The molecule has 0 aliphatic carbocycles. The van der Waals surface area contributed by atoms with Crippen molar-refractivity contribution in [3.63, 3.8) is 0 Å². The molecule has 1 heterocycles. The molecule has 0 unspecified atom stereocenters. The smallest absolute Gasteiger partial charge is 0.392 e. The molecule has 9 heteroatoms. The zero-order chi connectivity index (χ0) is 22.5. The Morgan fingerprint density at radius 3 is 0.806 bits per heavy atom. The second kappa shape index (κ2) is 17.6. The van der Waals surface area contributed by atoms with Gasteiger partial charge in [-0.15, -0.1) is 0 Å². The van der Waals surface area contributed by atoms with Crippen LogP contribution in [0.25, 0.3) is 0 Å². The van der Waals surface area contributed by atoms with E-state index < -0.39 is 0 Å². The summed E-state index contributed by atoms with van der Waals surface area (Å²) in [5.41, 5.74) is 0. The first-order chi connectivity index (χ1) is 14.2. The van der Waals surface area contributed by atoms with Crippen LogP contribution in [0.3, 0.4) is 0 Å². The summed E-state index contributed by atoms with van der Waals surface area (Å²) in [6, 6.07) is 0. The Kier molecular flexibility index (Phi) is 17.7. The fourth-order valence-corrected chi connectivity index (χ4v) is 4.27. The summed E-state index contributed by atoms with van der Waals surface area (Å²) in [5.74, 6) is 0. The van der Waals surface area contributed by atoms with Gasteiger partial charge in [0.2, 0.25) is 0 Å². The molecule has 0 aromatic heterocycles. The van der Waals surface area contributed by atoms with E-state index in [0.29, 0.717) is 26.2 Å². The number of aliphatic hydroxyl groups is 4. The first-order valence-corrected chi connectivity index (χ1v) is 11.8. The van der Waals surface area contributed by atoms with Gasteiger partial charge in [-0.2, -0.15) is 0 Å². The monoisotopic (exact) mass is 491 g/mol. The van der Waals surface area contributed by atoms with Crippen molar-refractivity contribution in [1.29, 1.82) is 0 Å². The van der Waals surface area contributed by atoms with Gasteiger partial charge in [-0.05, 0) is 66.7 Å². The van der Waals surface area contributed by atoms with Crippen LogP contribution in [0.4, 0.5) is 0 Å². The molecule has 1 aliphatic heterocycles. The van der Waals surface area contributed by atoms with Gasteiger partial charge in [0.05, 0.1) is 24.4 Å². The van der Waals surface area contributed by atoms with Crippen molar-refractivity contribution < 1.29 is 37.2 Å². The van der Waals surface area contributed by atoms with Gasteiger partial charge in [-0.3, -0.25) is 19.6 Å². The van der Waals surface area contributed by atoms with Gasteiger partial charge in [0.15, 0.2) is 0 Å². The summed E-state index contributed by atoms with van der Waals surface area (Å²) in [7, 11) is 0. The number of nitrogens with zero attached hydrogens (tertiary/aromatic N) is 4. The molecule has 4 N–H and O–H groups in total. The maximum atomic E-state index is 9.89. The van der Waals surface area contributed by atoms with Crippen molar-refractivity contribution in [2.75, 3.05) is 78.5 Å². The van der Waals surface area contributed by atoms with Gasteiger partial charge < -0.3 is 20.4 Å². The standard InChI is InChI=1S/C22H48N4O4.Co/c1-19(27)15-23-7-5-8-25(17-21(3)29)13-14-26(18-22(4)30)10-6-9-24(12-11-23)16-20(2)28;/h19-22,27-30H,5-18H2,1-4H3;/q;+2/t19-,20-,21-,22-;/m1./s1. The van der Waals surface area contributed by atoms with Gasteiger partial charge in [0.25, 0.3) is 0 Å². The maximum absolute atomic E-state index is 9.89. The van der Waals surface area contributed by atoms with Crippen LogP contribution < -0.4 is 0 Å². The molecule has 0 bridgehead atoms. The predicted molar refractivity (Wildman–Crippen MR) is 122 cm³/mol. The molecule has 0 aromatic rings. The third-order valence-corrected chi connectivity index (χ3v) is 5.45. The van der Waals surface area contributed by atoms with Crippen molar-refractivity contribution >= 4 is 0 Å². The molecule has 0 spiro atoms. The summed E-state index contributed by atoms with van der Waals surface area (Å²) in [5, 5.41) is 39.6. The van der Waals surface area contributed by atoms with E-state index in [0.717, 1.165) is 65.2 Å². The molecule has 0 aromatic carbocycles. The molecule has 0 amide bonds. The van der Waals surface area contributed by atoms with Crippen molar-refractivity contribution in [1.82, 2.24) is 19.6 Å². The predicted octanol–water partition coefficient (Wildman–Crippen LogP) is -0.491. The van der Waals surface area contributed by atoms with E-state index in [1.54, 1.807) is 0 Å². The summed E-state index contributed by atoms with van der Waals surface area (Å²) in [6.45, 7) is 17.0. The third kappa shape index (κ3) is 16.4. The summed E-state index contributed by atoms with van der Waals surface area (Å²) >= 11 is 0. The number of aliphatic hydroxyl groups excluding tert-OH is 4. The van der Waals surface area contributed by atoms with Crippen molar-refractivity contribution in [2.24, 2.45) is 0 Å². The fraction of sp³-hybridized carbons (Fsp3) is 1.00. The molecule has 1 aliphatic rings. The Bertz CT molecular complexity index is 356. The first kappa shape index (κ1) is 31.2. The quantitative estimate of drug-likeness (QED) is 0.362. The molecule has 1 saturated heterocycles. The molecule has 8 nitrogen and oxygen atoms in total. The van der Waals surface area contributed by atoms with E-state index in [2.05, 4.69) is 19.6 Å². The maximum Gasteiger partial charge on any atom is 2.00 e. The molecule has 1 radical (unpaired) electrons. The minimum atomic E-state index is -0.364. The van der Waals surface area contributed by atoms with E-state index >= 15 is 0 Å². The van der Waals surface area contributed by atoms with Crippen LogP contribution >= 0.6 is 0 Å². The fourth-order valence-electron chi connectivity index (χ4n) is 4.27. The second-order valence-corrected chi connectivity index (χ2v) is 9.31. The Balaban J connectivity index is 0.00000900. The van der Waals surface area contributed by atoms with Crippen molar-refractivity contribution in [3.05, 3.63) is 0 Å². The van der Waals surface area contributed by atoms with Crippen LogP contribution in [0.15, 0.2) is 0 Å². The number of hydrogen-bond donors (Lipinski definition) is 4. The van der Waals surface area contributed by atoms with Crippen LogP contribution in [-0.4, -0.2) is 143 Å². The molecular weight excluding hydrogens is 443 g/mol. The minimum Gasteiger partial charge on any atom is -0.392 e. The topological polar surface area (TPSA) is 93.9 Å². The number of β-amino-alcohol motifs (C(OH)–C–C–N with tert-alkyl or cyclic N) is 4. The van der Waals surface area contributed by atoms with E-state index in [1.807, 2.05) is 27.7 Å². The van der Waals surface area contributed by atoms with Crippen molar-refractivity contribution in [2.45, 2.75) is 65.0 Å². The van der Waals surface area contributed by atoms with Gasteiger partial charge in [0, 0.05) is 52.4 Å².